The molecule has 0 saturated heterocycles. The van der Waals surface area contributed by atoms with Crippen LogP contribution in [0.5, 0.6) is 0 Å². The van der Waals surface area contributed by atoms with Crippen molar-refractivity contribution >= 4 is 24.5 Å². The van der Waals surface area contributed by atoms with E-state index < -0.39 is 8.32 Å². The summed E-state index contributed by atoms with van der Waals surface area (Å²) in [6, 6.07) is 21.0. The minimum atomic E-state index is -2.47. The van der Waals surface area contributed by atoms with Crippen molar-refractivity contribution in [3.05, 3.63) is 60.7 Å². The molecule has 0 atom stereocenters. The zero-order valence-electron chi connectivity index (χ0n) is 14.2. The maximum absolute atomic E-state index is 7.48. The fraction of sp³-hybridized carbons (Fsp3) is 0.316. The van der Waals surface area contributed by atoms with Crippen molar-refractivity contribution in [2.75, 3.05) is 6.61 Å². The van der Waals surface area contributed by atoms with E-state index in [-0.39, 0.29) is 10.9 Å². The van der Waals surface area contributed by atoms with E-state index >= 15 is 0 Å². The Morgan fingerprint density at radius 2 is 1.39 bits per heavy atom. The van der Waals surface area contributed by atoms with E-state index in [1.54, 1.807) is 0 Å². The SMILES string of the molecule is CC(C)(C)[Si](OCCC(=N)N)(c1ccccc1)c1ccccc1. The second-order valence-corrected chi connectivity index (χ2v) is 11.1. The lowest BCUT2D eigenvalue weighted by Gasteiger charge is -2.43. The van der Waals surface area contributed by atoms with Gasteiger partial charge in [-0.2, -0.15) is 0 Å². The number of benzene rings is 2. The average molecular weight is 327 g/mol. The van der Waals surface area contributed by atoms with Gasteiger partial charge in [-0.15, -0.1) is 0 Å². The first-order chi connectivity index (χ1) is 10.9. The normalized spacial score (nSPS) is 12.1. The monoisotopic (exact) mass is 326 g/mol. The summed E-state index contributed by atoms with van der Waals surface area (Å²) in [4.78, 5) is 0. The molecule has 0 fully saturated rings. The second-order valence-electron chi connectivity index (χ2n) is 6.79. The first-order valence-electron chi connectivity index (χ1n) is 7.96. The molecule has 23 heavy (non-hydrogen) atoms. The molecule has 4 heteroatoms. The molecular weight excluding hydrogens is 300 g/mol. The van der Waals surface area contributed by atoms with Crippen LogP contribution in [0.25, 0.3) is 0 Å². The lowest BCUT2D eigenvalue weighted by atomic mass is 10.2. The third-order valence-electron chi connectivity index (χ3n) is 4.11. The largest absolute Gasteiger partial charge is 0.407 e. The van der Waals surface area contributed by atoms with Crippen LogP contribution in [0.3, 0.4) is 0 Å². The van der Waals surface area contributed by atoms with Gasteiger partial charge in [-0.1, -0.05) is 81.4 Å². The van der Waals surface area contributed by atoms with Gasteiger partial charge in [0.25, 0.3) is 8.32 Å². The van der Waals surface area contributed by atoms with Gasteiger partial charge in [0.15, 0.2) is 0 Å². The van der Waals surface area contributed by atoms with Gasteiger partial charge in [0.1, 0.15) is 0 Å². The van der Waals surface area contributed by atoms with Crippen LogP contribution in [0.2, 0.25) is 5.04 Å². The van der Waals surface area contributed by atoms with Crippen molar-refractivity contribution in [1.82, 2.24) is 0 Å². The molecule has 2 rings (SSSR count). The Labute approximate surface area is 140 Å². The standard InChI is InChI=1S/C19H26N2OSi/c1-19(2,3)23(22-15-14-18(20)21,16-10-6-4-7-11-16)17-12-8-5-9-13-17/h4-13H,14-15H2,1-3H3,(H3,20,21). The fourth-order valence-electron chi connectivity index (χ4n) is 3.08. The lowest BCUT2D eigenvalue weighted by molar-refractivity contribution is 0.308. The Kier molecular flexibility index (Phi) is 5.39. The average Bonchev–Trinajstić information content (AvgIpc) is 2.52. The molecule has 2 aromatic carbocycles. The van der Waals surface area contributed by atoms with Crippen LogP contribution >= 0.6 is 0 Å². The van der Waals surface area contributed by atoms with Gasteiger partial charge in [0.2, 0.25) is 0 Å². The summed E-state index contributed by atoms with van der Waals surface area (Å²) in [5.74, 6) is 0.169. The molecule has 3 nitrogen and oxygen atoms in total. The number of amidine groups is 1. The van der Waals surface area contributed by atoms with Crippen molar-refractivity contribution in [1.29, 1.82) is 5.41 Å². The van der Waals surface area contributed by atoms with Gasteiger partial charge >= 0.3 is 0 Å². The van der Waals surface area contributed by atoms with E-state index in [0.717, 1.165) is 0 Å². The van der Waals surface area contributed by atoms with Crippen LogP contribution < -0.4 is 16.1 Å². The topological polar surface area (TPSA) is 59.1 Å². The van der Waals surface area contributed by atoms with Gasteiger partial charge in [0.05, 0.1) is 5.84 Å². The van der Waals surface area contributed by atoms with Gasteiger partial charge < -0.3 is 10.2 Å². The molecule has 122 valence electrons. The van der Waals surface area contributed by atoms with Gasteiger partial charge in [-0.3, -0.25) is 5.41 Å². The number of hydrogen-bond acceptors (Lipinski definition) is 2. The molecule has 0 aromatic heterocycles. The predicted molar refractivity (Wildman–Crippen MR) is 100 cm³/mol. The Morgan fingerprint density at radius 3 is 1.74 bits per heavy atom. The number of nitrogens with one attached hydrogen (secondary N) is 1. The van der Waals surface area contributed by atoms with Crippen LogP contribution in [-0.2, 0) is 4.43 Å². The second kappa shape index (κ2) is 7.11. The van der Waals surface area contributed by atoms with Gasteiger partial charge in [-0.25, -0.2) is 0 Å². The van der Waals surface area contributed by atoms with Crippen molar-refractivity contribution in [2.45, 2.75) is 32.2 Å². The summed E-state index contributed by atoms with van der Waals surface area (Å²) in [6.07, 6.45) is 0.463. The summed E-state index contributed by atoms with van der Waals surface area (Å²) in [6.45, 7) is 7.20. The minimum absolute atomic E-state index is 0.0352. The third-order valence-corrected chi connectivity index (χ3v) is 9.15. The molecule has 2 aromatic rings. The third kappa shape index (κ3) is 3.71. The van der Waals surface area contributed by atoms with Gasteiger partial charge in [0, 0.05) is 13.0 Å². The Bertz CT molecular complexity index is 596. The van der Waals surface area contributed by atoms with Crippen molar-refractivity contribution < 1.29 is 4.43 Å². The quantitative estimate of drug-likeness (QED) is 0.487. The zero-order valence-corrected chi connectivity index (χ0v) is 15.2. The maximum atomic E-state index is 7.48. The Hall–Kier alpha value is -1.91. The lowest BCUT2D eigenvalue weighted by Crippen LogP contribution is -2.66. The molecule has 0 aliphatic rings. The van der Waals surface area contributed by atoms with E-state index in [1.807, 2.05) is 12.1 Å². The Balaban J connectivity index is 2.57. The zero-order chi connectivity index (χ0) is 16.9. The van der Waals surface area contributed by atoms with Crippen molar-refractivity contribution in [3.8, 4) is 0 Å². The summed E-state index contributed by atoms with van der Waals surface area (Å²) in [5.41, 5.74) is 5.53. The van der Waals surface area contributed by atoms with E-state index in [0.29, 0.717) is 13.0 Å². The van der Waals surface area contributed by atoms with Crippen molar-refractivity contribution in [3.63, 3.8) is 0 Å². The fourth-order valence-corrected chi connectivity index (χ4v) is 7.64. The summed E-state index contributed by atoms with van der Waals surface area (Å²) >= 11 is 0. The predicted octanol–water partition coefficient (Wildman–Crippen LogP) is 2.89. The Morgan fingerprint density at radius 1 is 0.957 bits per heavy atom. The van der Waals surface area contributed by atoms with Crippen LogP contribution in [0.1, 0.15) is 27.2 Å². The van der Waals surface area contributed by atoms with Crippen LogP contribution in [0.4, 0.5) is 0 Å². The molecular formula is C19H26N2OSi. The highest BCUT2D eigenvalue weighted by Gasteiger charge is 2.49. The smallest absolute Gasteiger partial charge is 0.261 e. The molecule has 0 heterocycles. The molecule has 0 aliphatic heterocycles. The maximum Gasteiger partial charge on any atom is 0.261 e. The summed E-state index contributed by atoms with van der Waals surface area (Å²) in [7, 11) is -2.47. The molecule has 0 spiro atoms. The summed E-state index contributed by atoms with van der Waals surface area (Å²) in [5, 5.41) is 9.95. The van der Waals surface area contributed by atoms with Gasteiger partial charge in [-0.05, 0) is 15.4 Å². The highest BCUT2D eigenvalue weighted by atomic mass is 28.4. The molecule has 0 radical (unpaired) electrons. The van der Waals surface area contributed by atoms with E-state index in [1.165, 1.54) is 10.4 Å². The number of nitrogens with two attached hydrogens (primary N) is 1. The number of rotatable bonds is 6. The molecule has 0 amide bonds. The van der Waals surface area contributed by atoms with Crippen LogP contribution in [-0.4, -0.2) is 20.8 Å². The highest BCUT2D eigenvalue weighted by Crippen LogP contribution is 2.36. The number of hydrogen-bond donors (Lipinski definition) is 2. The van der Waals surface area contributed by atoms with Crippen LogP contribution in [0, 0.1) is 5.41 Å². The first kappa shape index (κ1) is 17.4. The molecule has 0 bridgehead atoms. The van der Waals surface area contributed by atoms with Crippen molar-refractivity contribution in [2.24, 2.45) is 5.73 Å². The highest BCUT2D eigenvalue weighted by molar-refractivity contribution is 6.99. The van der Waals surface area contributed by atoms with E-state index in [9.17, 15) is 0 Å². The first-order valence-corrected chi connectivity index (χ1v) is 9.86. The molecule has 3 N–H and O–H groups in total. The molecule has 0 aliphatic carbocycles. The van der Waals surface area contributed by atoms with Crippen LogP contribution in [0.15, 0.2) is 60.7 Å². The van der Waals surface area contributed by atoms with E-state index in [2.05, 4.69) is 69.3 Å². The van der Waals surface area contributed by atoms with E-state index in [4.69, 9.17) is 15.6 Å². The molecule has 0 unspecified atom stereocenters. The molecule has 0 saturated carbocycles. The summed E-state index contributed by atoms with van der Waals surface area (Å²) < 4.78 is 6.60. The minimum Gasteiger partial charge on any atom is -0.407 e.